The number of nitrogens with one attached hydrogen (secondary N) is 2. The standard InChI is InChI=1S/C8H13N3O4S/c1-2-6(8-9-3-4-10-8)11-16(14,15)5-7(12)13/h3-4,6,11H,2,5H2,1H3,(H,9,10)(H,12,13). The van der Waals surface area contributed by atoms with Gasteiger partial charge in [-0.1, -0.05) is 6.92 Å². The van der Waals surface area contributed by atoms with Gasteiger partial charge in [-0.25, -0.2) is 18.1 Å². The van der Waals surface area contributed by atoms with E-state index in [1.54, 1.807) is 13.1 Å². The molecule has 1 atom stereocenters. The molecule has 7 nitrogen and oxygen atoms in total. The van der Waals surface area contributed by atoms with Crippen molar-refractivity contribution in [2.24, 2.45) is 0 Å². The smallest absolute Gasteiger partial charge is 0.320 e. The van der Waals surface area contributed by atoms with Crippen LogP contribution in [0.15, 0.2) is 12.4 Å². The second kappa shape index (κ2) is 5.08. The molecule has 16 heavy (non-hydrogen) atoms. The predicted molar refractivity (Wildman–Crippen MR) is 56.2 cm³/mol. The van der Waals surface area contributed by atoms with Gasteiger partial charge >= 0.3 is 5.97 Å². The summed E-state index contributed by atoms with van der Waals surface area (Å²) >= 11 is 0. The molecule has 0 aromatic carbocycles. The van der Waals surface area contributed by atoms with Gasteiger partial charge in [0.1, 0.15) is 5.82 Å². The summed E-state index contributed by atoms with van der Waals surface area (Å²) in [6.07, 6.45) is 3.55. The van der Waals surface area contributed by atoms with Crippen LogP contribution in [0, 0.1) is 0 Å². The summed E-state index contributed by atoms with van der Waals surface area (Å²) < 4.78 is 25.0. The number of nitrogens with zero attached hydrogens (tertiary/aromatic N) is 1. The minimum atomic E-state index is -3.83. The van der Waals surface area contributed by atoms with Crippen LogP contribution in [-0.2, 0) is 14.8 Å². The molecule has 0 saturated carbocycles. The number of imidazole rings is 1. The highest BCUT2D eigenvalue weighted by molar-refractivity contribution is 7.90. The van der Waals surface area contributed by atoms with E-state index in [0.29, 0.717) is 12.2 Å². The van der Waals surface area contributed by atoms with Gasteiger partial charge in [0.05, 0.1) is 6.04 Å². The van der Waals surface area contributed by atoms with E-state index in [9.17, 15) is 13.2 Å². The number of aromatic nitrogens is 2. The second-order valence-corrected chi connectivity index (χ2v) is 4.96. The van der Waals surface area contributed by atoms with Gasteiger partial charge in [0, 0.05) is 12.4 Å². The van der Waals surface area contributed by atoms with Gasteiger partial charge in [0.25, 0.3) is 0 Å². The fourth-order valence-corrected chi connectivity index (χ4v) is 2.34. The highest BCUT2D eigenvalue weighted by Gasteiger charge is 2.22. The number of rotatable bonds is 6. The van der Waals surface area contributed by atoms with Crippen molar-refractivity contribution in [3.05, 3.63) is 18.2 Å². The van der Waals surface area contributed by atoms with Gasteiger partial charge in [0.15, 0.2) is 5.75 Å². The first-order valence-electron chi connectivity index (χ1n) is 4.65. The van der Waals surface area contributed by atoms with E-state index in [4.69, 9.17) is 5.11 Å². The van der Waals surface area contributed by atoms with Crippen molar-refractivity contribution in [2.75, 3.05) is 5.75 Å². The third-order valence-electron chi connectivity index (χ3n) is 1.89. The molecular formula is C8H13N3O4S. The van der Waals surface area contributed by atoms with Crippen molar-refractivity contribution < 1.29 is 18.3 Å². The molecule has 0 fully saturated rings. The summed E-state index contributed by atoms with van der Waals surface area (Å²) in [7, 11) is -3.83. The average Bonchev–Trinajstić information content (AvgIpc) is 2.64. The number of carbonyl (C=O) groups is 1. The van der Waals surface area contributed by atoms with Gasteiger partial charge in [0.2, 0.25) is 10.0 Å². The Hall–Kier alpha value is -1.41. The van der Waals surface area contributed by atoms with Crippen molar-refractivity contribution in [3.8, 4) is 0 Å². The fraction of sp³-hybridized carbons (Fsp3) is 0.500. The lowest BCUT2D eigenvalue weighted by Crippen LogP contribution is -2.33. The van der Waals surface area contributed by atoms with Crippen LogP contribution < -0.4 is 4.72 Å². The molecule has 1 aromatic heterocycles. The number of hydrogen-bond donors (Lipinski definition) is 3. The van der Waals surface area contributed by atoms with Crippen LogP contribution in [0.25, 0.3) is 0 Å². The van der Waals surface area contributed by atoms with Crippen molar-refractivity contribution in [1.82, 2.24) is 14.7 Å². The molecule has 0 radical (unpaired) electrons. The molecule has 0 aliphatic rings. The number of H-pyrrole nitrogens is 1. The van der Waals surface area contributed by atoms with E-state index in [1.807, 2.05) is 0 Å². The van der Waals surface area contributed by atoms with Crippen molar-refractivity contribution in [3.63, 3.8) is 0 Å². The lowest BCUT2D eigenvalue weighted by Gasteiger charge is -2.13. The molecule has 0 aliphatic carbocycles. The fourth-order valence-electron chi connectivity index (χ4n) is 1.22. The van der Waals surface area contributed by atoms with Gasteiger partial charge in [-0.3, -0.25) is 4.79 Å². The molecule has 1 aromatic rings. The van der Waals surface area contributed by atoms with E-state index in [-0.39, 0.29) is 0 Å². The Morgan fingerprint density at radius 3 is 2.81 bits per heavy atom. The first kappa shape index (κ1) is 12.7. The SMILES string of the molecule is CCC(NS(=O)(=O)CC(=O)O)c1ncc[nH]1. The van der Waals surface area contributed by atoms with Crippen molar-refractivity contribution in [1.29, 1.82) is 0 Å². The maximum Gasteiger partial charge on any atom is 0.320 e. The highest BCUT2D eigenvalue weighted by atomic mass is 32.2. The number of aromatic amines is 1. The van der Waals surface area contributed by atoms with Crippen LogP contribution in [0.4, 0.5) is 0 Å². The lowest BCUT2D eigenvalue weighted by molar-refractivity contribution is -0.134. The predicted octanol–water partition coefficient (Wildman–Crippen LogP) is -0.135. The average molecular weight is 247 g/mol. The molecule has 1 heterocycles. The molecule has 0 saturated heterocycles. The largest absolute Gasteiger partial charge is 0.480 e. The maximum absolute atomic E-state index is 11.4. The van der Waals surface area contributed by atoms with E-state index >= 15 is 0 Å². The molecule has 3 N–H and O–H groups in total. The maximum atomic E-state index is 11.4. The molecule has 0 aliphatic heterocycles. The monoisotopic (exact) mass is 247 g/mol. The minimum absolute atomic E-state index is 0.469. The van der Waals surface area contributed by atoms with Crippen LogP contribution in [0.3, 0.4) is 0 Å². The quantitative estimate of drug-likeness (QED) is 0.648. The minimum Gasteiger partial charge on any atom is -0.480 e. The molecule has 0 amide bonds. The molecule has 0 spiro atoms. The molecule has 1 rings (SSSR count). The molecule has 1 unspecified atom stereocenters. The second-order valence-electron chi connectivity index (χ2n) is 3.21. The van der Waals surface area contributed by atoms with Gasteiger partial charge < -0.3 is 10.1 Å². The summed E-state index contributed by atoms with van der Waals surface area (Å²) in [5.41, 5.74) is 0. The van der Waals surface area contributed by atoms with Gasteiger partial charge in [-0.05, 0) is 6.42 Å². The number of hydrogen-bond acceptors (Lipinski definition) is 4. The number of sulfonamides is 1. The summed E-state index contributed by atoms with van der Waals surface area (Å²) in [6.45, 7) is 1.77. The molecule has 0 bridgehead atoms. The van der Waals surface area contributed by atoms with Gasteiger partial charge in [-0.15, -0.1) is 0 Å². The van der Waals surface area contributed by atoms with Crippen LogP contribution in [-0.4, -0.2) is 35.2 Å². The Labute approximate surface area is 93.0 Å². The third-order valence-corrected chi connectivity index (χ3v) is 3.16. The number of carboxylic acids is 1. The lowest BCUT2D eigenvalue weighted by atomic mass is 10.2. The van der Waals surface area contributed by atoms with Gasteiger partial charge in [-0.2, -0.15) is 0 Å². The highest BCUT2D eigenvalue weighted by Crippen LogP contribution is 2.12. The number of aliphatic carboxylic acids is 1. The Bertz CT molecular complexity index is 440. The Balaban J connectivity index is 2.75. The molecule has 8 heteroatoms. The Kier molecular flexibility index (Phi) is 4.02. The summed E-state index contributed by atoms with van der Waals surface area (Å²) in [5.74, 6) is -1.86. The van der Waals surface area contributed by atoms with Crippen LogP contribution in [0.1, 0.15) is 25.2 Å². The topological polar surface area (TPSA) is 112 Å². The van der Waals surface area contributed by atoms with E-state index in [2.05, 4.69) is 14.7 Å². The first-order chi connectivity index (χ1) is 7.44. The van der Waals surface area contributed by atoms with Crippen molar-refractivity contribution >= 4 is 16.0 Å². The van der Waals surface area contributed by atoms with E-state index in [1.165, 1.54) is 6.20 Å². The zero-order valence-electron chi connectivity index (χ0n) is 8.67. The summed E-state index contributed by atoms with van der Waals surface area (Å²) in [4.78, 5) is 17.0. The van der Waals surface area contributed by atoms with Crippen LogP contribution in [0.5, 0.6) is 0 Å². The zero-order chi connectivity index (χ0) is 12.2. The third kappa shape index (κ3) is 3.63. The molecular weight excluding hydrogens is 234 g/mol. The van der Waals surface area contributed by atoms with Crippen molar-refractivity contribution in [2.45, 2.75) is 19.4 Å². The summed E-state index contributed by atoms with van der Waals surface area (Å²) in [5, 5.41) is 8.42. The Morgan fingerprint density at radius 2 is 2.38 bits per heavy atom. The molecule has 90 valence electrons. The van der Waals surface area contributed by atoms with Crippen LogP contribution >= 0.6 is 0 Å². The summed E-state index contributed by atoms with van der Waals surface area (Å²) in [6, 6.07) is -0.528. The Morgan fingerprint density at radius 1 is 1.69 bits per heavy atom. The number of carboxylic acid groups (broad SMARTS) is 1. The van der Waals surface area contributed by atoms with E-state index < -0.39 is 27.8 Å². The van der Waals surface area contributed by atoms with E-state index in [0.717, 1.165) is 0 Å². The first-order valence-corrected chi connectivity index (χ1v) is 6.31. The zero-order valence-corrected chi connectivity index (χ0v) is 9.49. The normalized spacial score (nSPS) is 13.6. The van der Waals surface area contributed by atoms with Crippen LogP contribution in [0.2, 0.25) is 0 Å².